The zero-order valence-corrected chi connectivity index (χ0v) is 23.4. The smallest absolute Gasteiger partial charge is 0.744 e. The molecule has 14 heteroatoms. The van der Waals surface area contributed by atoms with Gasteiger partial charge in [-0.05, 0) is 30.7 Å². The molecule has 11 nitrogen and oxygen atoms in total. The molecule has 0 heterocycles. The van der Waals surface area contributed by atoms with E-state index in [0.717, 1.165) is 6.07 Å². The van der Waals surface area contributed by atoms with Crippen molar-refractivity contribution in [3.05, 3.63) is 76.3 Å². The number of rotatable bonds is 7. The average Bonchev–Trinajstić information content (AvgIpc) is 2.82. The Morgan fingerprint density at radius 2 is 1.51 bits per heavy atom. The van der Waals surface area contributed by atoms with Crippen molar-refractivity contribution in [1.82, 2.24) is 4.72 Å². The molecule has 3 aromatic carbocycles. The number of aliphatic hydroxyl groups excluding tert-OH is 1. The second-order valence-electron chi connectivity index (χ2n) is 7.97. The van der Waals surface area contributed by atoms with Gasteiger partial charge in [0.05, 0.1) is 38.9 Å². The fourth-order valence-corrected chi connectivity index (χ4v) is 5.90. The van der Waals surface area contributed by atoms with Gasteiger partial charge in [0.2, 0.25) is 10.0 Å². The molecule has 0 spiro atoms. The zero-order chi connectivity index (χ0) is 26.4. The summed E-state index contributed by atoms with van der Waals surface area (Å²) in [4.78, 5) is 25.6. The predicted molar refractivity (Wildman–Crippen MR) is 129 cm³/mol. The summed E-state index contributed by atoms with van der Waals surface area (Å²) in [5.41, 5.74) is 4.96. The van der Waals surface area contributed by atoms with E-state index in [-0.39, 0.29) is 69.1 Å². The molecule has 0 fully saturated rings. The predicted octanol–water partition coefficient (Wildman–Crippen LogP) is -1.73. The van der Waals surface area contributed by atoms with E-state index in [1.807, 2.05) is 0 Å². The zero-order valence-electron chi connectivity index (χ0n) is 19.7. The minimum Gasteiger partial charge on any atom is -0.744 e. The van der Waals surface area contributed by atoms with Crippen LogP contribution in [-0.4, -0.2) is 51.2 Å². The van der Waals surface area contributed by atoms with Crippen LogP contribution in [0.15, 0.2) is 58.3 Å². The van der Waals surface area contributed by atoms with Gasteiger partial charge in [0.25, 0.3) is 0 Å². The molecule has 0 bridgehead atoms. The molecule has 0 atom stereocenters. The molecule has 0 aliphatic heterocycles. The van der Waals surface area contributed by atoms with Crippen molar-refractivity contribution >= 4 is 48.8 Å². The Balaban J connectivity index is 0.00000380. The van der Waals surface area contributed by atoms with Gasteiger partial charge in [-0.1, -0.05) is 30.3 Å². The molecule has 1 aliphatic rings. The van der Waals surface area contributed by atoms with Crippen LogP contribution in [0, 0.1) is 6.92 Å². The Morgan fingerprint density at radius 1 is 0.919 bits per heavy atom. The summed E-state index contributed by atoms with van der Waals surface area (Å²) in [6.07, 6.45) is 0. The summed E-state index contributed by atoms with van der Waals surface area (Å²) in [5.74, 6) is -1.36. The van der Waals surface area contributed by atoms with Crippen molar-refractivity contribution in [3.63, 3.8) is 0 Å². The van der Waals surface area contributed by atoms with E-state index in [1.165, 1.54) is 36.4 Å². The number of sulfonamides is 1. The maximum atomic E-state index is 13.4. The van der Waals surface area contributed by atoms with E-state index in [9.17, 15) is 31.0 Å². The van der Waals surface area contributed by atoms with Crippen LogP contribution in [0.5, 0.6) is 0 Å². The van der Waals surface area contributed by atoms with E-state index in [1.54, 1.807) is 13.0 Å². The molecule has 0 saturated heterocycles. The van der Waals surface area contributed by atoms with E-state index in [2.05, 4.69) is 10.0 Å². The van der Waals surface area contributed by atoms with Crippen molar-refractivity contribution in [3.8, 4) is 0 Å². The number of aliphatic hydroxyl groups is 1. The molecule has 0 aromatic heterocycles. The minimum atomic E-state index is -5.16. The third kappa shape index (κ3) is 5.35. The summed E-state index contributed by atoms with van der Waals surface area (Å²) in [7, 11) is -9.18. The number of fused-ring (bicyclic) bond motifs is 2. The Bertz CT molecular complexity index is 1650. The number of aryl methyl sites for hydroxylation is 1. The largest absolute Gasteiger partial charge is 1.00 e. The van der Waals surface area contributed by atoms with Crippen molar-refractivity contribution < 1.29 is 65.6 Å². The summed E-state index contributed by atoms with van der Waals surface area (Å²) >= 11 is 0. The number of ketones is 2. The van der Waals surface area contributed by atoms with Crippen molar-refractivity contribution in [2.75, 3.05) is 24.2 Å². The van der Waals surface area contributed by atoms with Crippen molar-refractivity contribution in [2.45, 2.75) is 16.7 Å². The average molecular weight is 554 g/mol. The fourth-order valence-electron chi connectivity index (χ4n) is 3.98. The number of hydrogen-bond acceptors (Lipinski definition) is 10. The van der Waals surface area contributed by atoms with Gasteiger partial charge in [0, 0.05) is 23.4 Å². The number of hydrogen-bond donors (Lipinski definition) is 4. The molecule has 0 saturated carbocycles. The molecule has 0 unspecified atom stereocenters. The molecular formula is C23H20N3NaO8S2. The van der Waals surface area contributed by atoms with Crippen LogP contribution in [0.3, 0.4) is 0 Å². The Hall–Kier alpha value is -2.62. The molecule has 5 N–H and O–H groups in total. The third-order valence-corrected chi connectivity index (χ3v) is 8.11. The van der Waals surface area contributed by atoms with Crippen LogP contribution in [0.4, 0.5) is 17.1 Å². The van der Waals surface area contributed by atoms with Crippen LogP contribution in [0.2, 0.25) is 0 Å². The molecule has 4 rings (SSSR count). The first-order valence-electron chi connectivity index (χ1n) is 10.5. The van der Waals surface area contributed by atoms with Crippen LogP contribution < -0.4 is 45.3 Å². The van der Waals surface area contributed by atoms with E-state index in [0.29, 0.717) is 5.56 Å². The van der Waals surface area contributed by atoms with Gasteiger partial charge in [0.15, 0.2) is 11.6 Å². The quantitative estimate of drug-likeness (QED) is 0.116. The van der Waals surface area contributed by atoms with Crippen molar-refractivity contribution in [2.24, 2.45) is 0 Å². The van der Waals surface area contributed by atoms with Crippen LogP contribution in [-0.2, 0) is 20.1 Å². The molecule has 0 amide bonds. The molecule has 188 valence electrons. The molecular weight excluding hydrogens is 533 g/mol. The summed E-state index contributed by atoms with van der Waals surface area (Å²) in [5, 5.41) is 11.7. The van der Waals surface area contributed by atoms with Gasteiger partial charge < -0.3 is 20.7 Å². The first kappa shape index (κ1) is 28.9. The van der Waals surface area contributed by atoms with E-state index >= 15 is 0 Å². The Labute approximate surface area is 235 Å². The minimum absolute atomic E-state index is 0. The standard InChI is InChI=1S/C23H21N3O8S2.Na/c1-12-6-7-13(10-17(12)35(30,31)25-8-9-27)26-16-11-18(36(32,33)34)21(24)20-19(16)22(28)14-4-2-3-5-15(14)23(20)29;/h2-7,10-11,25-27H,8-9,24H2,1H3,(H,32,33,34);/q;+1/p-1. The SMILES string of the molecule is Cc1ccc(Nc2cc(S(=O)(=O)[O-])c(N)c3c2C(=O)c2ccccc2C3=O)cc1S(=O)(=O)NCCO.[Na+]. The fraction of sp³-hybridized carbons (Fsp3) is 0.130. The maximum Gasteiger partial charge on any atom is 1.00 e. The van der Waals surface area contributed by atoms with Gasteiger partial charge in [-0.15, -0.1) is 0 Å². The topological polar surface area (TPSA) is 196 Å². The summed E-state index contributed by atoms with van der Waals surface area (Å²) in [6.45, 7) is 0.910. The van der Waals surface area contributed by atoms with Gasteiger partial charge in [-0.2, -0.15) is 0 Å². The Kier molecular flexibility index (Phi) is 8.32. The summed E-state index contributed by atoms with van der Waals surface area (Å²) < 4.78 is 63.3. The number of nitrogens with two attached hydrogens (primary N) is 1. The van der Waals surface area contributed by atoms with Gasteiger partial charge in [0.1, 0.15) is 10.1 Å². The first-order chi connectivity index (χ1) is 16.9. The summed E-state index contributed by atoms with van der Waals surface area (Å²) in [6, 6.07) is 10.9. The number of nitrogen functional groups attached to an aromatic ring is 1. The third-order valence-electron chi connectivity index (χ3n) is 5.63. The molecule has 1 aliphatic carbocycles. The monoisotopic (exact) mass is 553 g/mol. The van der Waals surface area contributed by atoms with Gasteiger partial charge in [-0.3, -0.25) is 9.59 Å². The number of nitrogens with one attached hydrogen (secondary N) is 2. The van der Waals surface area contributed by atoms with E-state index in [4.69, 9.17) is 10.8 Å². The maximum absolute atomic E-state index is 13.4. The number of anilines is 3. The van der Waals surface area contributed by atoms with Crippen molar-refractivity contribution in [1.29, 1.82) is 0 Å². The molecule has 3 aromatic rings. The van der Waals surface area contributed by atoms with Crippen LogP contribution in [0.1, 0.15) is 37.4 Å². The van der Waals surface area contributed by atoms with Crippen LogP contribution >= 0.6 is 0 Å². The van der Waals surface area contributed by atoms with Crippen LogP contribution in [0.25, 0.3) is 0 Å². The first-order valence-corrected chi connectivity index (χ1v) is 13.3. The number of carbonyl (C=O) groups is 2. The Morgan fingerprint density at radius 3 is 2.08 bits per heavy atom. The number of carbonyl (C=O) groups excluding carboxylic acids is 2. The second kappa shape index (κ2) is 10.6. The molecule has 37 heavy (non-hydrogen) atoms. The van der Waals surface area contributed by atoms with E-state index < -0.39 is 54.5 Å². The normalized spacial score (nSPS) is 12.9. The second-order valence-corrected chi connectivity index (χ2v) is 11.1. The van der Waals surface area contributed by atoms with Gasteiger partial charge >= 0.3 is 29.6 Å². The number of benzene rings is 3. The molecule has 0 radical (unpaired) electrons. The van der Waals surface area contributed by atoms with Gasteiger partial charge in [-0.25, -0.2) is 21.6 Å².